The van der Waals surface area contributed by atoms with Crippen molar-refractivity contribution in [1.29, 1.82) is 0 Å². The molecule has 1 heterocycles. The van der Waals surface area contributed by atoms with Crippen LogP contribution in [0, 0.1) is 0 Å². The molecule has 1 aromatic carbocycles. The van der Waals surface area contributed by atoms with E-state index in [2.05, 4.69) is 52.8 Å². The number of nitrogens with zero attached hydrogens (tertiary/aromatic N) is 1. The van der Waals surface area contributed by atoms with Crippen LogP contribution in [0.25, 0.3) is 0 Å². The van der Waals surface area contributed by atoms with Crippen LogP contribution in [0.1, 0.15) is 56.1 Å². The van der Waals surface area contributed by atoms with Gasteiger partial charge in [0.1, 0.15) is 7.28 Å². The van der Waals surface area contributed by atoms with E-state index in [9.17, 15) is 4.79 Å². The highest BCUT2D eigenvalue weighted by Crippen LogP contribution is 2.29. The minimum absolute atomic E-state index is 0.103. The Morgan fingerprint density at radius 1 is 1.32 bits per heavy atom. The van der Waals surface area contributed by atoms with Crippen molar-refractivity contribution >= 4 is 13.2 Å². The van der Waals surface area contributed by atoms with E-state index in [1.807, 2.05) is 4.90 Å². The molecule has 0 spiro atoms. The molecule has 1 amide bonds. The van der Waals surface area contributed by atoms with E-state index in [1.54, 1.807) is 0 Å². The van der Waals surface area contributed by atoms with Crippen LogP contribution < -0.4 is 0 Å². The zero-order valence-electron chi connectivity index (χ0n) is 12.8. The molecule has 0 aliphatic carbocycles. The normalized spacial score (nSPS) is 15.1. The molecule has 3 heteroatoms. The van der Waals surface area contributed by atoms with E-state index in [-0.39, 0.29) is 11.4 Å². The zero-order chi connectivity index (χ0) is 14.2. The van der Waals surface area contributed by atoms with Crippen LogP contribution in [-0.2, 0) is 12.9 Å². The Bertz CT molecular complexity index is 488. The molecule has 19 heavy (non-hydrogen) atoms. The monoisotopic (exact) mass is 257 g/mol. The third-order valence-electron chi connectivity index (χ3n) is 3.80. The van der Waals surface area contributed by atoms with E-state index < -0.39 is 0 Å². The van der Waals surface area contributed by atoms with Gasteiger partial charge in [-0.3, -0.25) is 4.79 Å². The average Bonchev–Trinajstić information content (AvgIpc) is 2.64. The second-order valence-corrected chi connectivity index (χ2v) is 6.99. The minimum atomic E-state index is -0.103. The summed E-state index contributed by atoms with van der Waals surface area (Å²) < 4.78 is 0. The van der Waals surface area contributed by atoms with Crippen LogP contribution >= 0.6 is 0 Å². The summed E-state index contributed by atoms with van der Waals surface area (Å²) >= 11 is 0. The molecule has 0 saturated carbocycles. The van der Waals surface area contributed by atoms with Crippen molar-refractivity contribution in [2.24, 2.45) is 0 Å². The molecule has 0 bridgehead atoms. The fourth-order valence-corrected chi connectivity index (χ4v) is 2.50. The standard InChI is InChI=1S/C16H24BNO/c1-11(2)17-9-12-6-7-13-10-18(16(3,4)5)15(19)14(13)8-12/h6-8,11,17H,9-10H2,1-5H3. The largest absolute Gasteiger partial charge is 0.329 e. The van der Waals surface area contributed by atoms with Crippen LogP contribution in [0.3, 0.4) is 0 Å². The van der Waals surface area contributed by atoms with E-state index >= 15 is 0 Å². The summed E-state index contributed by atoms with van der Waals surface area (Å²) in [6.07, 6.45) is 1.06. The molecule has 2 rings (SSSR count). The molecule has 0 radical (unpaired) electrons. The van der Waals surface area contributed by atoms with Gasteiger partial charge in [0.25, 0.3) is 5.91 Å². The Balaban J connectivity index is 2.20. The molecule has 0 unspecified atom stereocenters. The second-order valence-electron chi connectivity index (χ2n) is 6.99. The highest BCUT2D eigenvalue weighted by Gasteiger charge is 2.34. The number of amides is 1. The van der Waals surface area contributed by atoms with Gasteiger partial charge < -0.3 is 4.90 Å². The Hall–Kier alpha value is -1.25. The number of rotatable bonds is 3. The first kappa shape index (κ1) is 14.2. The second kappa shape index (κ2) is 5.03. The summed E-state index contributed by atoms with van der Waals surface area (Å²) in [4.78, 5) is 14.4. The van der Waals surface area contributed by atoms with E-state index in [1.165, 1.54) is 18.4 Å². The molecule has 1 aromatic rings. The number of benzene rings is 1. The Labute approximate surface area is 117 Å². The molecular weight excluding hydrogens is 233 g/mol. The lowest BCUT2D eigenvalue weighted by Crippen LogP contribution is -2.41. The Morgan fingerprint density at radius 2 is 2.00 bits per heavy atom. The lowest BCUT2D eigenvalue weighted by Gasteiger charge is -2.31. The third-order valence-corrected chi connectivity index (χ3v) is 3.80. The average molecular weight is 257 g/mol. The fourth-order valence-electron chi connectivity index (χ4n) is 2.50. The molecule has 0 N–H and O–H groups in total. The Kier molecular flexibility index (Phi) is 3.75. The number of carbonyl (C=O) groups excluding carboxylic acids is 1. The topological polar surface area (TPSA) is 20.3 Å². The number of hydrogen-bond acceptors (Lipinski definition) is 1. The van der Waals surface area contributed by atoms with Crippen molar-refractivity contribution in [3.8, 4) is 0 Å². The number of hydrogen-bond donors (Lipinski definition) is 0. The summed E-state index contributed by atoms with van der Waals surface area (Å²) in [6.45, 7) is 11.5. The molecule has 0 saturated heterocycles. The van der Waals surface area contributed by atoms with Gasteiger partial charge in [0.2, 0.25) is 0 Å². The lowest BCUT2D eigenvalue weighted by molar-refractivity contribution is 0.0609. The summed E-state index contributed by atoms with van der Waals surface area (Å²) in [7, 11) is 1.18. The number of fused-ring (bicyclic) bond motifs is 1. The van der Waals surface area contributed by atoms with E-state index in [4.69, 9.17) is 0 Å². The molecule has 2 nitrogen and oxygen atoms in total. The van der Waals surface area contributed by atoms with E-state index in [0.717, 1.165) is 18.4 Å². The molecule has 0 atom stereocenters. The highest BCUT2D eigenvalue weighted by molar-refractivity contribution is 6.36. The van der Waals surface area contributed by atoms with Crippen LogP contribution in [0.5, 0.6) is 0 Å². The summed E-state index contributed by atoms with van der Waals surface area (Å²) in [5.74, 6) is 0.893. The van der Waals surface area contributed by atoms with Gasteiger partial charge in [-0.15, -0.1) is 0 Å². The van der Waals surface area contributed by atoms with Gasteiger partial charge in [0, 0.05) is 17.6 Å². The first-order valence-electron chi connectivity index (χ1n) is 7.23. The van der Waals surface area contributed by atoms with Gasteiger partial charge in [-0.2, -0.15) is 0 Å². The Morgan fingerprint density at radius 3 is 2.58 bits per heavy atom. The predicted molar refractivity (Wildman–Crippen MR) is 82.0 cm³/mol. The van der Waals surface area contributed by atoms with Crippen molar-refractivity contribution in [2.75, 3.05) is 0 Å². The van der Waals surface area contributed by atoms with Crippen LogP contribution in [0.4, 0.5) is 0 Å². The molecule has 1 aliphatic heterocycles. The maximum Gasteiger partial charge on any atom is 0.254 e. The van der Waals surface area contributed by atoms with Gasteiger partial charge in [-0.25, -0.2) is 0 Å². The van der Waals surface area contributed by atoms with Crippen molar-refractivity contribution in [3.05, 3.63) is 34.9 Å². The van der Waals surface area contributed by atoms with Gasteiger partial charge in [-0.05, 0) is 32.4 Å². The number of carbonyl (C=O) groups is 1. The summed E-state index contributed by atoms with van der Waals surface area (Å²) in [5, 5.41) is 0. The lowest BCUT2D eigenvalue weighted by atomic mass is 9.62. The molecule has 0 fully saturated rings. The fraction of sp³-hybridized carbons (Fsp3) is 0.562. The van der Waals surface area contributed by atoms with Crippen molar-refractivity contribution < 1.29 is 4.79 Å². The van der Waals surface area contributed by atoms with Crippen molar-refractivity contribution in [1.82, 2.24) is 4.90 Å². The van der Waals surface area contributed by atoms with Gasteiger partial charge in [0.15, 0.2) is 0 Å². The SMILES string of the molecule is CC(C)BCc1ccc2c(c1)C(=O)N(C(C)(C)C)C2. The minimum Gasteiger partial charge on any atom is -0.329 e. The van der Waals surface area contributed by atoms with Crippen molar-refractivity contribution in [2.45, 2.75) is 58.8 Å². The quantitative estimate of drug-likeness (QED) is 0.761. The summed E-state index contributed by atoms with van der Waals surface area (Å²) in [5.41, 5.74) is 3.27. The first-order chi connectivity index (χ1) is 8.79. The highest BCUT2D eigenvalue weighted by atomic mass is 16.2. The van der Waals surface area contributed by atoms with Crippen LogP contribution in [0.2, 0.25) is 5.82 Å². The van der Waals surface area contributed by atoms with Gasteiger partial charge in [-0.1, -0.05) is 43.7 Å². The van der Waals surface area contributed by atoms with Crippen LogP contribution in [0.15, 0.2) is 18.2 Å². The molecular formula is C16H24BNO. The van der Waals surface area contributed by atoms with Gasteiger partial charge in [0.05, 0.1) is 0 Å². The third kappa shape index (κ3) is 3.02. The zero-order valence-corrected chi connectivity index (χ0v) is 12.8. The molecule has 102 valence electrons. The van der Waals surface area contributed by atoms with E-state index in [0.29, 0.717) is 5.82 Å². The molecule has 0 aromatic heterocycles. The maximum atomic E-state index is 12.5. The summed E-state index contributed by atoms with van der Waals surface area (Å²) in [6, 6.07) is 6.42. The van der Waals surface area contributed by atoms with Gasteiger partial charge >= 0.3 is 0 Å². The van der Waals surface area contributed by atoms with Crippen LogP contribution in [-0.4, -0.2) is 23.6 Å². The predicted octanol–water partition coefficient (Wildman–Crippen LogP) is 3.21. The van der Waals surface area contributed by atoms with Crippen molar-refractivity contribution in [3.63, 3.8) is 0 Å². The maximum absolute atomic E-state index is 12.5. The first-order valence-corrected chi connectivity index (χ1v) is 7.23. The smallest absolute Gasteiger partial charge is 0.254 e. The molecule has 1 aliphatic rings.